The molecule has 0 aliphatic carbocycles. The number of carbonyl (C=O) groups is 1. The highest BCUT2D eigenvalue weighted by molar-refractivity contribution is 5.96. The van der Waals surface area contributed by atoms with Crippen LogP contribution in [-0.4, -0.2) is 34.0 Å². The Balaban J connectivity index is 1.62. The van der Waals surface area contributed by atoms with E-state index in [2.05, 4.69) is 26.5 Å². The molecule has 27 heavy (non-hydrogen) atoms. The van der Waals surface area contributed by atoms with Crippen molar-refractivity contribution < 1.29 is 4.79 Å². The molecule has 1 aliphatic heterocycles. The summed E-state index contributed by atoms with van der Waals surface area (Å²) in [5, 5.41) is 7.07. The van der Waals surface area contributed by atoms with Crippen molar-refractivity contribution in [1.82, 2.24) is 14.9 Å². The molecular formula is C21H19N5O. The zero-order valence-electron chi connectivity index (χ0n) is 14.8. The molecule has 0 saturated carbocycles. The van der Waals surface area contributed by atoms with Gasteiger partial charge in [0.25, 0.3) is 0 Å². The topological polar surface area (TPSA) is 70.1 Å². The van der Waals surface area contributed by atoms with E-state index >= 15 is 0 Å². The number of anilines is 3. The molecular weight excluding hydrogens is 338 g/mol. The summed E-state index contributed by atoms with van der Waals surface area (Å²) < 4.78 is 0. The molecule has 3 aromatic rings. The first kappa shape index (κ1) is 16.9. The molecule has 1 fully saturated rings. The Labute approximate surface area is 157 Å². The van der Waals surface area contributed by atoms with Crippen molar-refractivity contribution in [3.63, 3.8) is 0 Å². The molecule has 1 saturated heterocycles. The second-order valence-corrected chi connectivity index (χ2v) is 6.43. The van der Waals surface area contributed by atoms with Crippen molar-refractivity contribution in [2.24, 2.45) is 0 Å². The van der Waals surface area contributed by atoms with Gasteiger partial charge in [-0.3, -0.25) is 0 Å². The molecule has 6 heteroatoms. The quantitative estimate of drug-likeness (QED) is 0.696. The molecule has 1 aliphatic rings. The van der Waals surface area contributed by atoms with Crippen LogP contribution in [-0.2, 0) is 0 Å². The first-order valence-electron chi connectivity index (χ1n) is 8.87. The summed E-state index contributed by atoms with van der Waals surface area (Å²) in [5.41, 5.74) is 3.14. The normalized spacial score (nSPS) is 13.4. The van der Waals surface area contributed by atoms with Gasteiger partial charge in [0, 0.05) is 35.4 Å². The van der Waals surface area contributed by atoms with Gasteiger partial charge in [-0.05, 0) is 49.2 Å². The van der Waals surface area contributed by atoms with Gasteiger partial charge in [-0.25, -0.2) is 14.8 Å². The van der Waals surface area contributed by atoms with Crippen LogP contribution < -0.4 is 10.6 Å². The summed E-state index contributed by atoms with van der Waals surface area (Å²) in [6.07, 6.45) is 9.10. The van der Waals surface area contributed by atoms with Crippen molar-refractivity contribution in [2.75, 3.05) is 23.7 Å². The predicted octanol–water partition coefficient (Wildman–Crippen LogP) is 3.98. The first-order chi connectivity index (χ1) is 13.2. The van der Waals surface area contributed by atoms with E-state index in [0.717, 1.165) is 53.8 Å². The van der Waals surface area contributed by atoms with Crippen molar-refractivity contribution in [3.05, 3.63) is 54.4 Å². The van der Waals surface area contributed by atoms with Gasteiger partial charge in [0.05, 0.1) is 5.52 Å². The standard InChI is InChI=1S/C21H19N5O/c1-2-15-6-5-7-16(12-15)24-20-18-13-17(8-9-19(18)22-14-23-20)25-21(27)26-10-3-4-11-26/h1,5-9,12-14H,3-4,10-11H2,(H,25,27)(H,22,23,24). The Kier molecular flexibility index (Phi) is 4.58. The van der Waals surface area contributed by atoms with Crippen LogP contribution in [0.5, 0.6) is 0 Å². The van der Waals surface area contributed by atoms with E-state index in [1.54, 1.807) is 0 Å². The number of benzene rings is 2. The number of amides is 2. The van der Waals surface area contributed by atoms with Crippen LogP contribution in [0.3, 0.4) is 0 Å². The molecule has 0 radical (unpaired) electrons. The molecule has 1 aromatic heterocycles. The fraction of sp³-hybridized carbons (Fsp3) is 0.190. The molecule has 6 nitrogen and oxygen atoms in total. The predicted molar refractivity (Wildman–Crippen MR) is 107 cm³/mol. The minimum absolute atomic E-state index is 0.0695. The van der Waals surface area contributed by atoms with Gasteiger partial charge in [-0.15, -0.1) is 6.42 Å². The molecule has 2 N–H and O–H groups in total. The van der Waals surface area contributed by atoms with Gasteiger partial charge >= 0.3 is 6.03 Å². The monoisotopic (exact) mass is 357 g/mol. The third-order valence-corrected chi connectivity index (χ3v) is 4.57. The number of nitrogens with zero attached hydrogens (tertiary/aromatic N) is 3. The lowest BCUT2D eigenvalue weighted by Gasteiger charge is -2.16. The number of terminal acetylenes is 1. The summed E-state index contributed by atoms with van der Waals surface area (Å²) in [6.45, 7) is 1.61. The highest BCUT2D eigenvalue weighted by Crippen LogP contribution is 2.26. The third-order valence-electron chi connectivity index (χ3n) is 4.57. The summed E-state index contributed by atoms with van der Waals surface area (Å²) in [6, 6.07) is 13.1. The average molecular weight is 357 g/mol. The van der Waals surface area contributed by atoms with Gasteiger partial charge in [-0.1, -0.05) is 12.0 Å². The summed E-state index contributed by atoms with van der Waals surface area (Å²) >= 11 is 0. The summed E-state index contributed by atoms with van der Waals surface area (Å²) in [7, 11) is 0. The van der Waals surface area contributed by atoms with Crippen LogP contribution in [0.2, 0.25) is 0 Å². The SMILES string of the molecule is C#Cc1cccc(Nc2ncnc3ccc(NC(=O)N4CCCC4)cc23)c1. The van der Waals surface area contributed by atoms with Gasteiger partial charge in [0.1, 0.15) is 12.1 Å². The van der Waals surface area contributed by atoms with Gasteiger partial charge in [-0.2, -0.15) is 0 Å². The van der Waals surface area contributed by atoms with E-state index < -0.39 is 0 Å². The first-order valence-corrected chi connectivity index (χ1v) is 8.87. The Bertz CT molecular complexity index is 1030. The molecule has 0 spiro atoms. The molecule has 0 bridgehead atoms. The number of nitrogens with one attached hydrogen (secondary N) is 2. The molecule has 4 rings (SSSR count). The number of carbonyl (C=O) groups excluding carboxylic acids is 1. The van der Waals surface area contributed by atoms with Crippen LogP contribution in [0.4, 0.5) is 22.0 Å². The molecule has 2 aromatic carbocycles. The van der Waals surface area contributed by atoms with Crippen LogP contribution in [0, 0.1) is 12.3 Å². The minimum Gasteiger partial charge on any atom is -0.340 e. The minimum atomic E-state index is -0.0695. The Morgan fingerprint density at radius 3 is 2.74 bits per heavy atom. The average Bonchev–Trinajstić information content (AvgIpc) is 3.24. The number of rotatable bonds is 3. The van der Waals surface area contributed by atoms with Crippen molar-refractivity contribution >= 4 is 34.1 Å². The largest absolute Gasteiger partial charge is 0.340 e. The highest BCUT2D eigenvalue weighted by atomic mass is 16.2. The molecule has 134 valence electrons. The zero-order valence-corrected chi connectivity index (χ0v) is 14.8. The Hall–Kier alpha value is -3.59. The third kappa shape index (κ3) is 3.67. The molecule has 0 atom stereocenters. The number of hydrogen-bond acceptors (Lipinski definition) is 4. The van der Waals surface area contributed by atoms with E-state index in [4.69, 9.17) is 6.42 Å². The number of urea groups is 1. The maximum Gasteiger partial charge on any atom is 0.321 e. The number of aromatic nitrogens is 2. The van der Waals surface area contributed by atoms with Gasteiger partial charge in [0.15, 0.2) is 0 Å². The van der Waals surface area contributed by atoms with Crippen LogP contribution in [0.1, 0.15) is 18.4 Å². The van der Waals surface area contributed by atoms with E-state index in [1.807, 2.05) is 47.4 Å². The lowest BCUT2D eigenvalue weighted by molar-refractivity contribution is 0.222. The van der Waals surface area contributed by atoms with Crippen LogP contribution >= 0.6 is 0 Å². The van der Waals surface area contributed by atoms with E-state index in [9.17, 15) is 4.79 Å². The van der Waals surface area contributed by atoms with E-state index in [0.29, 0.717) is 5.82 Å². The molecule has 0 unspecified atom stereocenters. The Morgan fingerprint density at radius 1 is 1.07 bits per heavy atom. The Morgan fingerprint density at radius 2 is 1.93 bits per heavy atom. The number of likely N-dealkylation sites (tertiary alicyclic amines) is 1. The summed E-state index contributed by atoms with van der Waals surface area (Å²) in [4.78, 5) is 22.8. The zero-order chi connectivity index (χ0) is 18.6. The fourth-order valence-corrected chi connectivity index (χ4v) is 3.18. The van der Waals surface area contributed by atoms with Gasteiger partial charge < -0.3 is 15.5 Å². The van der Waals surface area contributed by atoms with E-state index in [1.165, 1.54) is 6.33 Å². The smallest absolute Gasteiger partial charge is 0.321 e. The van der Waals surface area contributed by atoms with Crippen molar-refractivity contribution in [2.45, 2.75) is 12.8 Å². The number of hydrogen-bond donors (Lipinski definition) is 2. The molecule has 2 heterocycles. The van der Waals surface area contributed by atoms with Crippen molar-refractivity contribution in [1.29, 1.82) is 0 Å². The lowest BCUT2D eigenvalue weighted by Crippen LogP contribution is -2.32. The second-order valence-electron chi connectivity index (χ2n) is 6.43. The van der Waals surface area contributed by atoms with Crippen LogP contribution in [0.25, 0.3) is 10.9 Å². The second kappa shape index (κ2) is 7.34. The van der Waals surface area contributed by atoms with Crippen LogP contribution in [0.15, 0.2) is 48.8 Å². The maximum absolute atomic E-state index is 12.3. The van der Waals surface area contributed by atoms with Gasteiger partial charge in [0.2, 0.25) is 0 Å². The molecule has 2 amide bonds. The summed E-state index contributed by atoms with van der Waals surface area (Å²) in [5.74, 6) is 3.28. The fourth-order valence-electron chi connectivity index (χ4n) is 3.18. The van der Waals surface area contributed by atoms with E-state index in [-0.39, 0.29) is 6.03 Å². The lowest BCUT2D eigenvalue weighted by atomic mass is 10.2. The number of fused-ring (bicyclic) bond motifs is 1. The highest BCUT2D eigenvalue weighted by Gasteiger charge is 2.18. The van der Waals surface area contributed by atoms with Crippen molar-refractivity contribution in [3.8, 4) is 12.3 Å². The maximum atomic E-state index is 12.3.